The van der Waals surface area contributed by atoms with E-state index in [0.717, 1.165) is 81.3 Å². The zero-order chi connectivity index (χ0) is 65.3. The van der Waals surface area contributed by atoms with Gasteiger partial charge in [0.1, 0.15) is 39.6 Å². The van der Waals surface area contributed by atoms with Gasteiger partial charge in [0.15, 0.2) is 23.1 Å². The summed E-state index contributed by atoms with van der Waals surface area (Å²) in [6, 6.07) is 33.8. The van der Waals surface area contributed by atoms with Gasteiger partial charge in [0.05, 0.1) is 63.3 Å². The largest absolute Gasteiger partial charge is 0.457 e. The number of nitrogens with zero attached hydrogens (tertiary/aromatic N) is 9. The van der Waals surface area contributed by atoms with Gasteiger partial charge in [-0.2, -0.15) is 0 Å². The summed E-state index contributed by atoms with van der Waals surface area (Å²) in [6.07, 6.45) is 20.9. The maximum atomic E-state index is 14.9. The number of hydrogen-bond acceptors (Lipinski definition) is 12. The molecule has 1 aliphatic carbocycles. The van der Waals surface area contributed by atoms with E-state index in [-0.39, 0.29) is 51.3 Å². The second-order valence-electron chi connectivity index (χ2n) is 22.3. The molecule has 6 aromatic carbocycles. The maximum Gasteiger partial charge on any atom is 0.319 e. The zero-order valence-corrected chi connectivity index (χ0v) is 53.5. The number of urea groups is 1. The number of carbonyl (C=O) groups is 3. The minimum Gasteiger partial charge on any atom is -0.457 e. The van der Waals surface area contributed by atoms with Gasteiger partial charge in [0.2, 0.25) is 0 Å². The minimum absolute atomic E-state index is 0.00186. The summed E-state index contributed by atoms with van der Waals surface area (Å²) < 4.78 is 53.2. The van der Waals surface area contributed by atoms with Crippen LogP contribution in [0, 0.1) is 11.6 Å². The first-order valence-electron chi connectivity index (χ1n) is 30.0. The molecule has 0 saturated heterocycles. The smallest absolute Gasteiger partial charge is 0.319 e. The maximum absolute atomic E-state index is 14.9. The van der Waals surface area contributed by atoms with E-state index in [0.29, 0.717) is 69.3 Å². The highest BCUT2D eigenvalue weighted by Crippen LogP contribution is 2.40. The van der Waals surface area contributed by atoms with E-state index in [1.807, 2.05) is 140 Å². The highest BCUT2D eigenvalue weighted by Gasteiger charge is 2.25. The number of carbonyl (C=O) groups excluding carboxylic acids is 3. The number of Topliss-reactive ketones (excluding diaryl/α,β-unsaturated/α-hetero) is 2. The Hall–Kier alpha value is -10.1. The number of fused-ring (bicyclic) bond motifs is 3. The lowest BCUT2D eigenvalue weighted by molar-refractivity contribution is -0.119. The van der Waals surface area contributed by atoms with Crippen molar-refractivity contribution in [1.82, 2.24) is 48.9 Å². The fraction of sp³-hybridized carbons (Fsp3) is 0.197. The predicted octanol–water partition coefficient (Wildman–Crippen LogP) is 17.6. The van der Waals surface area contributed by atoms with Crippen LogP contribution in [0.15, 0.2) is 171 Å². The molecule has 0 bridgehead atoms. The highest BCUT2D eigenvalue weighted by atomic mass is 35.5. The van der Waals surface area contributed by atoms with Crippen molar-refractivity contribution in [1.29, 1.82) is 0 Å². The summed E-state index contributed by atoms with van der Waals surface area (Å²) in [7, 11) is 5.76. The van der Waals surface area contributed by atoms with Crippen LogP contribution in [-0.2, 0) is 43.6 Å². The lowest BCUT2D eigenvalue weighted by Crippen LogP contribution is -2.30. The molecule has 6 heterocycles. The number of rotatable bonds is 19. The van der Waals surface area contributed by atoms with Gasteiger partial charge in [-0.25, -0.2) is 28.5 Å². The van der Waals surface area contributed by atoms with Crippen molar-refractivity contribution >= 4 is 90.8 Å². The number of aromatic nitrogens is 9. The van der Waals surface area contributed by atoms with E-state index in [2.05, 4.69) is 40.5 Å². The normalized spacial score (nSPS) is 11.8. The Morgan fingerprint density at radius 3 is 1.37 bits per heavy atom. The number of halogens is 5. The molecule has 13 rings (SSSR count). The number of imidazole rings is 3. The van der Waals surface area contributed by atoms with E-state index in [1.54, 1.807) is 61.8 Å². The lowest BCUT2D eigenvalue weighted by Gasteiger charge is -2.13. The number of aryl methyl sites for hydroxylation is 3. The topological polar surface area (TPSA) is 195 Å². The second-order valence-corrected chi connectivity index (χ2v) is 23.5. The first kappa shape index (κ1) is 64.4. The average Bonchev–Trinajstić information content (AvgIpc) is 1.39. The van der Waals surface area contributed by atoms with Crippen LogP contribution < -0.4 is 24.8 Å². The number of ether oxygens (including phenoxy) is 3. The molecule has 1 aliphatic rings. The van der Waals surface area contributed by atoms with Gasteiger partial charge < -0.3 is 38.5 Å². The second kappa shape index (κ2) is 29.0. The summed E-state index contributed by atoms with van der Waals surface area (Å²) in [5.74, 6) is 0.934. The Kier molecular flexibility index (Phi) is 20.1. The van der Waals surface area contributed by atoms with Crippen LogP contribution >= 0.6 is 34.8 Å². The Bertz CT molecular complexity index is 4760. The van der Waals surface area contributed by atoms with Crippen molar-refractivity contribution in [3.8, 4) is 68.3 Å². The molecule has 1 fully saturated rings. The van der Waals surface area contributed by atoms with Crippen LogP contribution in [0.25, 0.3) is 66.5 Å². The third-order valence-corrected chi connectivity index (χ3v) is 16.1. The first-order chi connectivity index (χ1) is 45.0. The van der Waals surface area contributed by atoms with E-state index < -0.39 is 17.7 Å². The van der Waals surface area contributed by atoms with Gasteiger partial charge in [0, 0.05) is 128 Å². The summed E-state index contributed by atoms with van der Waals surface area (Å²) >= 11 is 18.7. The molecule has 0 atom stereocenters. The Balaban J connectivity index is 0.000000143. The summed E-state index contributed by atoms with van der Waals surface area (Å²) in [4.78, 5) is 62.2. The summed E-state index contributed by atoms with van der Waals surface area (Å²) in [5, 5.41) is 7.92. The van der Waals surface area contributed by atoms with E-state index in [4.69, 9.17) is 49.0 Å². The fourth-order valence-corrected chi connectivity index (χ4v) is 10.8. The van der Waals surface area contributed by atoms with E-state index >= 15 is 0 Å². The zero-order valence-electron chi connectivity index (χ0n) is 51.3. The Morgan fingerprint density at radius 1 is 0.505 bits per heavy atom. The fourth-order valence-electron chi connectivity index (χ4n) is 10.1. The van der Waals surface area contributed by atoms with Crippen molar-refractivity contribution in [3.05, 3.63) is 209 Å². The molecule has 2 N–H and O–H groups in total. The minimum atomic E-state index is -0.758. The van der Waals surface area contributed by atoms with E-state index in [9.17, 15) is 23.2 Å². The molecule has 17 nitrogen and oxygen atoms in total. The molecular formula is C71H62Cl3F2N11O6. The molecule has 472 valence electrons. The lowest BCUT2D eigenvalue weighted by atomic mass is 10.1. The third kappa shape index (κ3) is 15.8. The highest BCUT2D eigenvalue weighted by molar-refractivity contribution is 6.34. The first-order valence-corrected chi connectivity index (χ1v) is 31.1. The summed E-state index contributed by atoms with van der Waals surface area (Å²) in [6.45, 7) is 3.92. The van der Waals surface area contributed by atoms with Crippen molar-refractivity contribution < 1.29 is 37.4 Å². The number of anilines is 1. The Morgan fingerprint density at radius 2 is 0.935 bits per heavy atom. The number of ketones is 2. The molecule has 2 amide bonds. The number of amides is 2. The van der Waals surface area contributed by atoms with Crippen LogP contribution in [-0.4, -0.2) is 67.2 Å². The predicted molar refractivity (Wildman–Crippen MR) is 359 cm³/mol. The number of benzene rings is 6. The van der Waals surface area contributed by atoms with Crippen LogP contribution in [0.4, 0.5) is 19.3 Å². The van der Waals surface area contributed by atoms with Crippen LogP contribution in [0.2, 0.25) is 15.1 Å². The van der Waals surface area contributed by atoms with Crippen molar-refractivity contribution in [2.24, 2.45) is 21.1 Å². The molecule has 0 aliphatic heterocycles. The molecule has 1 saturated carbocycles. The number of hydrogen-bond donors (Lipinski definition) is 2. The molecule has 0 unspecified atom stereocenters. The quantitative estimate of drug-likeness (QED) is 0.0779. The SMILES string of the molecule is CCCC(=O)Cc1ccc(Oc2ccnc3cc(-c4cn(C)cn4)ccc23)c(F)c1Cl.CCCC(=O)Cc1ccc(Oc2ccnc3cc(-c4cn(C)cn4)ccc23)cc1Cl.Cn1cnc(-c2ccc3c(Oc4ccc(NC(=O)NC5CC5)c(Cl)c4F)ccnc3c2)c1. The van der Waals surface area contributed by atoms with Crippen molar-refractivity contribution in [3.63, 3.8) is 0 Å². The van der Waals surface area contributed by atoms with Crippen LogP contribution in [0.5, 0.6) is 34.5 Å². The van der Waals surface area contributed by atoms with Gasteiger partial charge in [-0.15, -0.1) is 0 Å². The average molecular weight is 1310 g/mol. The van der Waals surface area contributed by atoms with Gasteiger partial charge in [-0.05, 0) is 122 Å². The molecule has 22 heteroatoms. The molecule has 12 aromatic rings. The van der Waals surface area contributed by atoms with Crippen molar-refractivity contribution in [2.75, 3.05) is 5.32 Å². The van der Waals surface area contributed by atoms with Crippen LogP contribution in [0.3, 0.4) is 0 Å². The molecule has 0 radical (unpaired) electrons. The molecule has 6 aromatic heterocycles. The number of nitrogens with one attached hydrogen (secondary N) is 2. The van der Waals surface area contributed by atoms with Gasteiger partial charge in [0.25, 0.3) is 0 Å². The van der Waals surface area contributed by atoms with Gasteiger partial charge >= 0.3 is 6.03 Å². The van der Waals surface area contributed by atoms with Gasteiger partial charge in [-0.3, -0.25) is 24.5 Å². The van der Waals surface area contributed by atoms with Gasteiger partial charge in [-0.1, -0.05) is 79.0 Å². The van der Waals surface area contributed by atoms with Crippen LogP contribution in [0.1, 0.15) is 63.5 Å². The molecular weight excluding hydrogens is 1250 g/mol. The summed E-state index contributed by atoms with van der Waals surface area (Å²) in [5.41, 5.74) is 9.07. The molecule has 93 heavy (non-hydrogen) atoms. The van der Waals surface area contributed by atoms with E-state index in [1.165, 1.54) is 18.2 Å². The standard InChI is InChI=1S/C24H21ClFN3O2.C24H22ClN3O2.C23H19ClFN5O2/c1-3-4-17(30)11-16-6-8-22(24(26)23(16)25)31-21-9-10-27-19-12-15(5-7-18(19)21)20-13-29(2)14-28-20;1-3-4-18(29)11-16-5-7-19(13-21(16)25)30-24-9-10-26-22-12-17(6-8-20(22)24)23-14-28(2)15-27-23;1-30-11-18(27-12-30)13-2-5-15-17(10-13)26-9-8-19(15)32-20-7-6-16(21(24)22(20)25)29-23(31)28-14-3-4-14/h5-10,12-14H,3-4,11H2,1-2H3;5-10,12-15H,3-4,11H2,1-2H3;2,5-12,14H,3-4H2,1H3,(H2,28,29,31). The van der Waals surface area contributed by atoms with Crippen molar-refractivity contribution in [2.45, 2.75) is 71.3 Å². The Labute approximate surface area is 549 Å². The molecule has 0 spiro atoms. The monoisotopic (exact) mass is 1310 g/mol. The number of pyridine rings is 3. The third-order valence-electron chi connectivity index (χ3n) is 15.0.